The first kappa shape index (κ1) is 19.9. The van der Waals surface area contributed by atoms with Gasteiger partial charge in [0, 0.05) is 0 Å². The maximum absolute atomic E-state index is 11.4. The highest BCUT2D eigenvalue weighted by molar-refractivity contribution is 7.17. The minimum absolute atomic E-state index is 0.283. The number of nitrogens with zero attached hydrogens (tertiary/aromatic N) is 1. The highest BCUT2D eigenvalue weighted by Gasteiger charge is 2.18. The fourth-order valence-corrected chi connectivity index (χ4v) is 3.99. The maximum atomic E-state index is 11.4. The zero-order valence-corrected chi connectivity index (χ0v) is 17.0. The lowest BCUT2D eigenvalue weighted by Gasteiger charge is -2.11. The number of para-hydroxylation sites is 1. The van der Waals surface area contributed by atoms with Crippen molar-refractivity contribution < 1.29 is 19.4 Å². The summed E-state index contributed by atoms with van der Waals surface area (Å²) in [4.78, 5) is 16.2. The Morgan fingerprint density at radius 1 is 1.07 bits per heavy atom. The normalized spacial score (nSPS) is 10.7. The predicted molar refractivity (Wildman–Crippen MR) is 111 cm³/mol. The van der Waals surface area contributed by atoms with Crippen LogP contribution in [0.1, 0.15) is 33.4 Å². The van der Waals surface area contributed by atoms with Crippen molar-refractivity contribution in [1.29, 1.82) is 0 Å². The number of carbonyl (C=O) groups is 1. The molecule has 3 rings (SSSR count). The Bertz CT molecular complexity index is 960. The van der Waals surface area contributed by atoms with Gasteiger partial charge < -0.3 is 14.6 Å². The van der Waals surface area contributed by atoms with E-state index in [2.05, 4.69) is 11.1 Å². The molecule has 1 heterocycles. The molecule has 0 atom stereocenters. The molecule has 5 nitrogen and oxygen atoms in total. The average Bonchev–Trinajstić information content (AvgIpc) is 3.09. The van der Waals surface area contributed by atoms with Crippen molar-refractivity contribution in [2.45, 2.75) is 27.2 Å². The van der Waals surface area contributed by atoms with Crippen molar-refractivity contribution in [1.82, 2.24) is 4.98 Å². The Hall–Kier alpha value is -2.86. The highest BCUT2D eigenvalue weighted by atomic mass is 32.1. The van der Waals surface area contributed by atoms with Gasteiger partial charge in [0.15, 0.2) is 0 Å². The van der Waals surface area contributed by atoms with E-state index in [9.17, 15) is 9.90 Å². The Morgan fingerprint density at radius 2 is 1.75 bits per heavy atom. The van der Waals surface area contributed by atoms with E-state index < -0.39 is 5.97 Å². The zero-order chi connectivity index (χ0) is 20.1. The average molecular weight is 397 g/mol. The number of aryl methyl sites for hydroxylation is 3. The molecule has 0 spiro atoms. The summed E-state index contributed by atoms with van der Waals surface area (Å²) in [6, 6.07) is 13.6. The molecule has 0 aliphatic heterocycles. The van der Waals surface area contributed by atoms with Gasteiger partial charge in [-0.05, 0) is 55.7 Å². The highest BCUT2D eigenvalue weighted by Crippen LogP contribution is 2.34. The summed E-state index contributed by atoms with van der Waals surface area (Å²) < 4.78 is 11.7. The van der Waals surface area contributed by atoms with Crippen LogP contribution in [0, 0.1) is 13.8 Å². The van der Waals surface area contributed by atoms with Gasteiger partial charge in [-0.2, -0.15) is 0 Å². The number of ether oxygens (including phenoxy) is 2. The Labute approximate surface area is 168 Å². The fraction of sp³-hybridized carbons (Fsp3) is 0.273. The smallest absolute Gasteiger partial charge is 0.347 e. The summed E-state index contributed by atoms with van der Waals surface area (Å²) >= 11 is 1.18. The van der Waals surface area contributed by atoms with Crippen LogP contribution in [0.25, 0.3) is 10.6 Å². The van der Waals surface area contributed by atoms with E-state index in [1.54, 1.807) is 0 Å². The molecule has 1 aromatic heterocycles. The summed E-state index contributed by atoms with van der Waals surface area (Å²) in [6.45, 7) is 6.77. The molecule has 0 fully saturated rings. The summed E-state index contributed by atoms with van der Waals surface area (Å²) in [5, 5.41) is 10.0. The number of carboxylic acids is 1. The lowest BCUT2D eigenvalue weighted by molar-refractivity contribution is 0.0701. The van der Waals surface area contributed by atoms with Gasteiger partial charge >= 0.3 is 5.97 Å². The van der Waals surface area contributed by atoms with Crippen molar-refractivity contribution in [2.24, 2.45) is 0 Å². The van der Waals surface area contributed by atoms with Gasteiger partial charge in [0.05, 0.1) is 11.3 Å². The van der Waals surface area contributed by atoms with Crippen molar-refractivity contribution >= 4 is 17.3 Å². The summed E-state index contributed by atoms with van der Waals surface area (Å²) in [5.41, 5.74) is 3.71. The van der Waals surface area contributed by atoms with Gasteiger partial charge in [-0.25, -0.2) is 9.78 Å². The van der Waals surface area contributed by atoms with Crippen LogP contribution < -0.4 is 9.47 Å². The molecular formula is C22H23NO4S. The van der Waals surface area contributed by atoms with Crippen molar-refractivity contribution in [3.63, 3.8) is 0 Å². The molecule has 2 aromatic carbocycles. The van der Waals surface area contributed by atoms with E-state index in [0.717, 1.165) is 22.4 Å². The van der Waals surface area contributed by atoms with Gasteiger partial charge in [-0.1, -0.05) is 25.1 Å². The van der Waals surface area contributed by atoms with Crippen LogP contribution >= 0.6 is 11.3 Å². The van der Waals surface area contributed by atoms with Gasteiger partial charge in [-0.3, -0.25) is 0 Å². The van der Waals surface area contributed by atoms with Crippen molar-refractivity contribution in [2.75, 3.05) is 13.2 Å². The van der Waals surface area contributed by atoms with Crippen LogP contribution in [0.15, 0.2) is 42.5 Å². The molecule has 0 aliphatic rings. The molecule has 0 unspecified atom stereocenters. The molecular weight excluding hydrogens is 374 g/mol. The van der Waals surface area contributed by atoms with E-state index in [1.165, 1.54) is 11.3 Å². The monoisotopic (exact) mass is 397 g/mol. The van der Waals surface area contributed by atoms with E-state index in [-0.39, 0.29) is 4.88 Å². The van der Waals surface area contributed by atoms with Gasteiger partial charge in [0.2, 0.25) is 0 Å². The molecule has 0 radical (unpaired) electrons. The first-order valence-corrected chi connectivity index (χ1v) is 9.96. The summed E-state index contributed by atoms with van der Waals surface area (Å²) in [6.07, 6.45) is 0.574. The molecule has 3 aromatic rings. The number of aromatic carboxylic acids is 1. The molecule has 146 valence electrons. The number of aromatic nitrogens is 1. The van der Waals surface area contributed by atoms with E-state index >= 15 is 0 Å². The first-order valence-electron chi connectivity index (χ1n) is 9.14. The van der Waals surface area contributed by atoms with Gasteiger partial charge in [0.25, 0.3) is 0 Å². The molecule has 0 bridgehead atoms. The van der Waals surface area contributed by atoms with Crippen LogP contribution in [-0.4, -0.2) is 29.3 Å². The maximum Gasteiger partial charge on any atom is 0.347 e. The molecule has 1 N–H and O–H groups in total. The Morgan fingerprint density at radius 3 is 2.39 bits per heavy atom. The van der Waals surface area contributed by atoms with Crippen molar-refractivity contribution in [3.8, 4) is 22.1 Å². The van der Waals surface area contributed by atoms with Crippen LogP contribution in [-0.2, 0) is 6.42 Å². The predicted octanol–water partition coefficient (Wildman–Crippen LogP) is 5.15. The third-order valence-corrected chi connectivity index (χ3v) is 5.27. The third kappa shape index (κ3) is 4.70. The van der Waals surface area contributed by atoms with Crippen LogP contribution in [0.4, 0.5) is 0 Å². The molecule has 28 heavy (non-hydrogen) atoms. The molecule has 0 aliphatic carbocycles. The van der Waals surface area contributed by atoms with Crippen LogP contribution in [0.3, 0.4) is 0 Å². The molecule has 6 heteroatoms. The number of hydrogen-bond acceptors (Lipinski definition) is 5. The lowest BCUT2D eigenvalue weighted by Crippen LogP contribution is -2.09. The van der Waals surface area contributed by atoms with E-state index in [0.29, 0.717) is 36.1 Å². The minimum Gasteiger partial charge on any atom is -0.490 e. The number of thiazole rings is 1. The molecule has 0 amide bonds. The van der Waals surface area contributed by atoms with Gasteiger partial charge in [-0.15, -0.1) is 11.3 Å². The first-order chi connectivity index (χ1) is 13.5. The minimum atomic E-state index is -0.944. The quantitative estimate of drug-likeness (QED) is 0.533. The largest absolute Gasteiger partial charge is 0.490 e. The SMILES string of the molecule is CCc1nc(-c2ccccc2OCCOc2cc(C)cc(C)c2)sc1C(=O)O. The second kappa shape index (κ2) is 8.89. The molecule has 0 saturated carbocycles. The number of hydrogen-bond donors (Lipinski definition) is 1. The van der Waals surface area contributed by atoms with E-state index in [4.69, 9.17) is 9.47 Å². The fourth-order valence-electron chi connectivity index (χ4n) is 2.97. The van der Waals surface area contributed by atoms with Crippen LogP contribution in [0.5, 0.6) is 11.5 Å². The Kier molecular flexibility index (Phi) is 6.31. The standard InChI is InChI=1S/C22H23NO4S/c1-4-18-20(22(24)25)28-21(23-18)17-7-5-6-8-19(17)27-10-9-26-16-12-14(2)11-15(3)13-16/h5-8,11-13H,4,9-10H2,1-3H3,(H,24,25). The second-order valence-electron chi connectivity index (χ2n) is 6.47. The number of benzene rings is 2. The second-order valence-corrected chi connectivity index (χ2v) is 7.47. The van der Waals surface area contributed by atoms with Gasteiger partial charge in [0.1, 0.15) is 34.6 Å². The number of rotatable bonds is 8. The summed E-state index contributed by atoms with van der Waals surface area (Å²) in [5.74, 6) is 0.550. The van der Waals surface area contributed by atoms with Crippen molar-refractivity contribution in [3.05, 3.63) is 64.2 Å². The lowest BCUT2D eigenvalue weighted by atomic mass is 10.1. The topological polar surface area (TPSA) is 68.7 Å². The van der Waals surface area contributed by atoms with Crippen LogP contribution in [0.2, 0.25) is 0 Å². The number of carboxylic acid groups (broad SMARTS) is 1. The molecule has 0 saturated heterocycles. The Balaban J connectivity index is 1.70. The van der Waals surface area contributed by atoms with E-state index in [1.807, 2.05) is 57.2 Å². The zero-order valence-electron chi connectivity index (χ0n) is 16.2. The summed E-state index contributed by atoms with van der Waals surface area (Å²) in [7, 11) is 0. The third-order valence-electron chi connectivity index (χ3n) is 4.15.